The summed E-state index contributed by atoms with van der Waals surface area (Å²) in [5, 5.41) is 5.49. The fraction of sp³-hybridized carbons (Fsp3) is 0. The number of hydrogen-bond acceptors (Lipinski definition) is 4. The van der Waals surface area contributed by atoms with Crippen molar-refractivity contribution >= 4 is 64.4 Å². The van der Waals surface area contributed by atoms with Crippen LogP contribution in [-0.4, -0.2) is 9.97 Å². The average molecular weight is 631 g/mol. The Balaban J connectivity index is 1.25. The molecule has 0 spiro atoms. The molecule has 0 aliphatic heterocycles. The summed E-state index contributed by atoms with van der Waals surface area (Å²) < 4.78 is 8.97. The average Bonchev–Trinajstić information content (AvgIpc) is 3.74. The lowest BCUT2D eigenvalue weighted by atomic mass is 9.94. The van der Waals surface area contributed by atoms with E-state index in [1.165, 1.54) is 32.3 Å². The number of furan rings is 1. The van der Waals surface area contributed by atoms with Gasteiger partial charge < -0.3 is 4.42 Å². The topological polar surface area (TPSA) is 38.9 Å². The largest absolute Gasteiger partial charge is 0.455 e. The molecule has 0 N–H and O–H groups in total. The first-order valence-corrected chi connectivity index (χ1v) is 16.9. The zero-order valence-corrected chi connectivity index (χ0v) is 26.5. The van der Waals surface area contributed by atoms with E-state index in [1.807, 2.05) is 12.1 Å². The lowest BCUT2D eigenvalue weighted by molar-refractivity contribution is 0.673. The van der Waals surface area contributed by atoms with Gasteiger partial charge in [0.1, 0.15) is 11.2 Å². The predicted octanol–water partition coefficient (Wildman–Crippen LogP) is 12.6. The zero-order valence-electron chi connectivity index (χ0n) is 25.7. The lowest BCUT2D eigenvalue weighted by Crippen LogP contribution is -1.94. The number of aromatic nitrogens is 2. The Morgan fingerprint density at radius 3 is 1.90 bits per heavy atom. The van der Waals surface area contributed by atoms with Gasteiger partial charge in [-0.25, -0.2) is 9.97 Å². The molecule has 0 bridgehead atoms. The van der Waals surface area contributed by atoms with Crippen molar-refractivity contribution in [2.75, 3.05) is 0 Å². The van der Waals surface area contributed by atoms with Gasteiger partial charge in [-0.05, 0) is 45.8 Å². The summed E-state index contributed by atoms with van der Waals surface area (Å²) in [6, 6.07) is 55.4. The maximum absolute atomic E-state index is 6.68. The summed E-state index contributed by atoms with van der Waals surface area (Å²) in [6.45, 7) is 0. The van der Waals surface area contributed by atoms with Gasteiger partial charge in [-0.3, -0.25) is 0 Å². The van der Waals surface area contributed by atoms with Crippen molar-refractivity contribution in [3.8, 4) is 44.9 Å². The van der Waals surface area contributed by atoms with E-state index in [-0.39, 0.29) is 0 Å². The Labute approximate surface area is 280 Å². The van der Waals surface area contributed by atoms with Crippen LogP contribution in [0.15, 0.2) is 162 Å². The van der Waals surface area contributed by atoms with Crippen molar-refractivity contribution in [2.45, 2.75) is 0 Å². The quantitative estimate of drug-likeness (QED) is 0.194. The van der Waals surface area contributed by atoms with Crippen LogP contribution in [0.25, 0.3) is 97.9 Å². The van der Waals surface area contributed by atoms with E-state index >= 15 is 0 Å². The second-order valence-electron chi connectivity index (χ2n) is 12.1. The molecule has 0 radical (unpaired) electrons. The van der Waals surface area contributed by atoms with Crippen LogP contribution in [0.1, 0.15) is 0 Å². The zero-order chi connectivity index (χ0) is 31.6. The van der Waals surface area contributed by atoms with Gasteiger partial charge in [0.25, 0.3) is 0 Å². The first-order valence-electron chi connectivity index (χ1n) is 16.1. The second kappa shape index (κ2) is 10.7. The SMILES string of the molecule is c1ccc(-c2ccc(-c3nc(-c4cccc5oc6c7ccccc7c(-c7ccccc7)cc6c45)nc4c3sc3ccccc34)cc2)cc1. The molecule has 0 amide bonds. The first kappa shape index (κ1) is 27.1. The summed E-state index contributed by atoms with van der Waals surface area (Å²) in [5.74, 6) is 0.691. The molecule has 3 heterocycles. The molecule has 4 heteroatoms. The number of hydrogen-bond donors (Lipinski definition) is 0. The highest BCUT2D eigenvalue weighted by Crippen LogP contribution is 2.44. The minimum atomic E-state index is 0.691. The lowest BCUT2D eigenvalue weighted by Gasteiger charge is -2.10. The number of nitrogens with zero attached hydrogens (tertiary/aromatic N) is 2. The predicted molar refractivity (Wildman–Crippen MR) is 201 cm³/mol. The number of rotatable bonds is 4. The molecule has 0 saturated carbocycles. The summed E-state index contributed by atoms with van der Waals surface area (Å²) in [4.78, 5) is 10.7. The highest BCUT2D eigenvalue weighted by molar-refractivity contribution is 7.26. The fourth-order valence-corrected chi connectivity index (χ4v) is 8.20. The molecule has 10 aromatic rings. The van der Waals surface area contributed by atoms with Crippen LogP contribution in [0.3, 0.4) is 0 Å². The van der Waals surface area contributed by atoms with Crippen LogP contribution in [0.4, 0.5) is 0 Å². The van der Waals surface area contributed by atoms with Crippen molar-refractivity contribution in [2.24, 2.45) is 0 Å². The maximum atomic E-state index is 6.68. The van der Waals surface area contributed by atoms with Gasteiger partial charge in [-0.2, -0.15) is 0 Å². The van der Waals surface area contributed by atoms with Crippen LogP contribution in [-0.2, 0) is 0 Å². The molecule has 0 atom stereocenters. The van der Waals surface area contributed by atoms with E-state index in [9.17, 15) is 0 Å². The van der Waals surface area contributed by atoms with Gasteiger partial charge in [0.15, 0.2) is 5.82 Å². The van der Waals surface area contributed by atoms with Gasteiger partial charge in [0.05, 0.1) is 15.9 Å². The van der Waals surface area contributed by atoms with Gasteiger partial charge >= 0.3 is 0 Å². The molecule has 224 valence electrons. The van der Waals surface area contributed by atoms with Crippen molar-refractivity contribution in [1.82, 2.24) is 9.97 Å². The molecule has 0 fully saturated rings. The molecular formula is C44H26N2OS. The fourth-order valence-electron chi connectivity index (χ4n) is 7.05. The number of thiophene rings is 1. The molecule has 7 aromatic carbocycles. The Kier molecular flexibility index (Phi) is 6.05. The van der Waals surface area contributed by atoms with E-state index in [0.717, 1.165) is 59.7 Å². The number of fused-ring (bicyclic) bond motifs is 8. The van der Waals surface area contributed by atoms with Crippen molar-refractivity contribution in [3.05, 3.63) is 158 Å². The van der Waals surface area contributed by atoms with Crippen molar-refractivity contribution < 1.29 is 4.42 Å². The smallest absolute Gasteiger partial charge is 0.161 e. The molecule has 0 saturated heterocycles. The monoisotopic (exact) mass is 630 g/mol. The van der Waals surface area contributed by atoms with E-state index in [2.05, 4.69) is 146 Å². The highest BCUT2D eigenvalue weighted by Gasteiger charge is 2.21. The Bertz CT molecular complexity index is 2820. The standard InChI is InChI=1S/C44H26N2OS/c1-3-12-27(13-4-1)28-22-24-30(25-23-28)40-43-41(33-18-9-10-21-38(33)48-43)46-44(45-40)34-19-11-20-37-39(34)36-26-35(29-14-5-2-6-15-29)31-16-7-8-17-32(31)42(36)47-37/h1-26H. The molecule has 3 aromatic heterocycles. The summed E-state index contributed by atoms with van der Waals surface area (Å²) in [5.41, 5.74) is 10.4. The number of benzene rings is 7. The molecule has 0 unspecified atom stereocenters. The van der Waals surface area contributed by atoms with Crippen molar-refractivity contribution in [1.29, 1.82) is 0 Å². The Morgan fingerprint density at radius 1 is 0.458 bits per heavy atom. The normalized spacial score (nSPS) is 11.8. The Hall–Kier alpha value is -6.10. The van der Waals surface area contributed by atoms with Crippen LogP contribution in [0.2, 0.25) is 0 Å². The van der Waals surface area contributed by atoms with E-state index < -0.39 is 0 Å². The third kappa shape index (κ3) is 4.20. The third-order valence-corrected chi connectivity index (χ3v) is 10.5. The van der Waals surface area contributed by atoms with Crippen LogP contribution < -0.4 is 0 Å². The van der Waals surface area contributed by atoms with Crippen LogP contribution >= 0.6 is 11.3 Å². The minimum Gasteiger partial charge on any atom is -0.455 e. The van der Waals surface area contributed by atoms with E-state index in [0.29, 0.717) is 5.82 Å². The molecular weight excluding hydrogens is 605 g/mol. The third-order valence-electron chi connectivity index (χ3n) is 9.31. The first-order chi connectivity index (χ1) is 23.8. The van der Waals surface area contributed by atoms with Gasteiger partial charge in [-0.15, -0.1) is 11.3 Å². The molecule has 0 aliphatic carbocycles. The molecule has 3 nitrogen and oxygen atoms in total. The second-order valence-corrected chi connectivity index (χ2v) is 13.2. The highest BCUT2D eigenvalue weighted by atomic mass is 32.1. The van der Waals surface area contributed by atoms with E-state index in [1.54, 1.807) is 11.3 Å². The van der Waals surface area contributed by atoms with Gasteiger partial charge in [0, 0.05) is 37.4 Å². The van der Waals surface area contributed by atoms with Crippen LogP contribution in [0, 0.1) is 0 Å². The van der Waals surface area contributed by atoms with E-state index in [4.69, 9.17) is 14.4 Å². The molecule has 10 rings (SSSR count). The minimum absolute atomic E-state index is 0.691. The summed E-state index contributed by atoms with van der Waals surface area (Å²) >= 11 is 1.75. The summed E-state index contributed by atoms with van der Waals surface area (Å²) in [7, 11) is 0. The molecule has 48 heavy (non-hydrogen) atoms. The Morgan fingerprint density at radius 2 is 1.10 bits per heavy atom. The van der Waals surface area contributed by atoms with Gasteiger partial charge in [-0.1, -0.05) is 140 Å². The van der Waals surface area contributed by atoms with Gasteiger partial charge in [0.2, 0.25) is 0 Å². The van der Waals surface area contributed by atoms with Crippen LogP contribution in [0.5, 0.6) is 0 Å². The maximum Gasteiger partial charge on any atom is 0.161 e. The van der Waals surface area contributed by atoms with Crippen molar-refractivity contribution in [3.63, 3.8) is 0 Å². The molecule has 0 aliphatic rings. The summed E-state index contributed by atoms with van der Waals surface area (Å²) in [6.07, 6.45) is 0.